The molecule has 3 rings (SSSR count). The molecule has 1 nitrogen and oxygen atoms in total. The molecule has 1 atom stereocenters. The summed E-state index contributed by atoms with van der Waals surface area (Å²) >= 11 is 6.01. The Balaban J connectivity index is 1.71. The van der Waals surface area contributed by atoms with Crippen LogP contribution < -0.4 is 0 Å². The van der Waals surface area contributed by atoms with Gasteiger partial charge in [0.15, 0.2) is 0 Å². The number of phenolic OH excluding ortho intramolecular Hbond substituents is 1. The lowest BCUT2D eigenvalue weighted by atomic mass is 9.83. The maximum Gasteiger partial charge on any atom is 0.145 e. The molecule has 0 fully saturated rings. The third kappa shape index (κ3) is 3.33. The van der Waals surface area contributed by atoms with Crippen molar-refractivity contribution in [2.45, 2.75) is 25.7 Å². The number of benzene rings is 2. The summed E-state index contributed by atoms with van der Waals surface area (Å²) in [5.41, 5.74) is 3.35. The Morgan fingerprint density at radius 2 is 1.95 bits per heavy atom. The number of rotatable bonds is 3. The molecule has 0 spiro atoms. The Morgan fingerprint density at radius 3 is 2.64 bits per heavy atom. The highest BCUT2D eigenvalue weighted by Crippen LogP contribution is 2.34. The topological polar surface area (TPSA) is 20.2 Å². The molecule has 0 heterocycles. The smallest absolute Gasteiger partial charge is 0.145 e. The first-order valence-corrected chi connectivity index (χ1v) is 7.92. The van der Waals surface area contributed by atoms with Gasteiger partial charge < -0.3 is 5.11 Å². The zero-order valence-electron chi connectivity index (χ0n) is 12.2. The number of hydrogen-bond acceptors (Lipinski definition) is 1. The fourth-order valence-electron chi connectivity index (χ4n) is 3.08. The highest BCUT2D eigenvalue weighted by atomic mass is 35.5. The lowest BCUT2D eigenvalue weighted by Crippen LogP contribution is -2.09. The number of halogens is 2. The predicted molar refractivity (Wildman–Crippen MR) is 88.5 cm³/mol. The lowest BCUT2D eigenvalue weighted by molar-refractivity contribution is 0.459. The second-order valence-electron chi connectivity index (χ2n) is 5.84. The summed E-state index contributed by atoms with van der Waals surface area (Å²) in [6.45, 7) is 0. The first-order valence-electron chi connectivity index (χ1n) is 7.55. The van der Waals surface area contributed by atoms with Gasteiger partial charge in [-0.15, -0.1) is 0 Å². The van der Waals surface area contributed by atoms with Gasteiger partial charge in [-0.05, 0) is 54.4 Å². The molecule has 114 valence electrons. The first-order chi connectivity index (χ1) is 10.6. The first kappa shape index (κ1) is 15.1. The maximum absolute atomic E-state index is 13.6. The molecule has 3 heteroatoms. The van der Waals surface area contributed by atoms with E-state index in [9.17, 15) is 9.50 Å². The Kier molecular flexibility index (Phi) is 4.49. The van der Waals surface area contributed by atoms with Crippen molar-refractivity contribution in [2.24, 2.45) is 5.92 Å². The van der Waals surface area contributed by atoms with Gasteiger partial charge in [-0.1, -0.05) is 48.0 Å². The van der Waals surface area contributed by atoms with Crippen LogP contribution in [0.3, 0.4) is 0 Å². The molecular weight excluding hydrogens is 299 g/mol. The van der Waals surface area contributed by atoms with Crippen molar-refractivity contribution in [2.75, 3.05) is 0 Å². The van der Waals surface area contributed by atoms with Gasteiger partial charge in [-0.2, -0.15) is 0 Å². The van der Waals surface area contributed by atoms with E-state index in [1.54, 1.807) is 6.07 Å². The molecule has 0 aliphatic heterocycles. The van der Waals surface area contributed by atoms with Gasteiger partial charge in [-0.25, -0.2) is 4.39 Å². The average Bonchev–Trinajstić information content (AvgIpc) is 2.54. The summed E-state index contributed by atoms with van der Waals surface area (Å²) in [5, 5.41) is 9.66. The van der Waals surface area contributed by atoms with Gasteiger partial charge in [0.2, 0.25) is 0 Å². The van der Waals surface area contributed by atoms with Crippen LogP contribution in [0, 0.1) is 11.7 Å². The summed E-state index contributed by atoms with van der Waals surface area (Å²) in [5.74, 6) is -0.174. The third-order valence-corrected chi connectivity index (χ3v) is 4.68. The highest BCUT2D eigenvalue weighted by molar-refractivity contribution is 6.31. The molecule has 1 aliphatic carbocycles. The van der Waals surface area contributed by atoms with E-state index in [0.29, 0.717) is 17.9 Å². The fraction of sp³-hybridized carbons (Fsp3) is 0.263. The highest BCUT2D eigenvalue weighted by Gasteiger charge is 2.18. The lowest BCUT2D eigenvalue weighted by Gasteiger charge is -2.22. The van der Waals surface area contributed by atoms with Crippen LogP contribution in [0.25, 0.3) is 5.57 Å². The number of phenols is 1. The Morgan fingerprint density at radius 1 is 1.18 bits per heavy atom. The molecule has 22 heavy (non-hydrogen) atoms. The van der Waals surface area contributed by atoms with E-state index in [0.717, 1.165) is 25.3 Å². The quantitative estimate of drug-likeness (QED) is 0.780. The van der Waals surface area contributed by atoms with E-state index >= 15 is 0 Å². The minimum atomic E-state index is -0.548. The van der Waals surface area contributed by atoms with Crippen LogP contribution in [-0.4, -0.2) is 5.11 Å². The minimum Gasteiger partial charge on any atom is -0.508 e. The minimum absolute atomic E-state index is 0.0618. The van der Waals surface area contributed by atoms with E-state index in [1.807, 2.05) is 6.07 Å². The molecule has 2 aromatic rings. The van der Waals surface area contributed by atoms with E-state index in [-0.39, 0.29) is 10.8 Å². The monoisotopic (exact) mass is 316 g/mol. The van der Waals surface area contributed by atoms with Crippen molar-refractivity contribution in [3.63, 3.8) is 0 Å². The molecule has 0 radical (unpaired) electrons. The predicted octanol–water partition coefficient (Wildman–Crippen LogP) is 5.61. The van der Waals surface area contributed by atoms with Crippen LogP contribution >= 0.6 is 11.6 Å². The molecule has 0 saturated carbocycles. The van der Waals surface area contributed by atoms with Crippen molar-refractivity contribution < 1.29 is 9.50 Å². The summed E-state index contributed by atoms with van der Waals surface area (Å²) < 4.78 is 13.6. The van der Waals surface area contributed by atoms with Crippen LogP contribution in [0.1, 0.15) is 30.4 Å². The van der Waals surface area contributed by atoms with Crippen molar-refractivity contribution in [3.05, 3.63) is 70.5 Å². The van der Waals surface area contributed by atoms with Crippen molar-refractivity contribution in [3.8, 4) is 5.75 Å². The third-order valence-electron chi connectivity index (χ3n) is 4.26. The molecule has 0 aromatic heterocycles. The zero-order chi connectivity index (χ0) is 15.5. The Labute approximate surface area is 135 Å². The van der Waals surface area contributed by atoms with Crippen LogP contribution in [-0.2, 0) is 6.42 Å². The van der Waals surface area contributed by atoms with E-state index in [4.69, 9.17) is 11.6 Å². The van der Waals surface area contributed by atoms with Gasteiger partial charge in [0, 0.05) is 6.07 Å². The SMILES string of the molecule is Oc1cc(F)c(Cl)c(C[C@H]2CC=C(c3ccccc3)CC2)c1. The number of hydrogen-bond donors (Lipinski definition) is 1. The van der Waals surface area contributed by atoms with Crippen molar-refractivity contribution in [1.29, 1.82) is 0 Å². The van der Waals surface area contributed by atoms with Gasteiger partial charge >= 0.3 is 0 Å². The summed E-state index contributed by atoms with van der Waals surface area (Å²) in [4.78, 5) is 0. The van der Waals surface area contributed by atoms with Crippen LogP contribution in [0.4, 0.5) is 4.39 Å². The Bertz CT molecular complexity index is 694. The van der Waals surface area contributed by atoms with Gasteiger partial charge in [0.25, 0.3) is 0 Å². The standard InChI is InChI=1S/C19H18ClFO/c20-19-16(11-17(22)12-18(19)21)10-13-6-8-15(9-7-13)14-4-2-1-3-5-14/h1-5,8,11-13,22H,6-7,9-10H2/t13-/m0/s1. The second kappa shape index (κ2) is 6.53. The molecule has 0 unspecified atom stereocenters. The molecule has 2 aromatic carbocycles. The molecule has 0 bridgehead atoms. The molecule has 1 aliphatic rings. The van der Waals surface area contributed by atoms with Crippen molar-refractivity contribution >= 4 is 17.2 Å². The van der Waals surface area contributed by atoms with E-state index in [2.05, 4.69) is 30.3 Å². The fourth-order valence-corrected chi connectivity index (χ4v) is 3.26. The van der Waals surface area contributed by atoms with Crippen molar-refractivity contribution in [1.82, 2.24) is 0 Å². The van der Waals surface area contributed by atoms with E-state index < -0.39 is 5.82 Å². The Hall–Kier alpha value is -1.80. The zero-order valence-corrected chi connectivity index (χ0v) is 13.0. The van der Waals surface area contributed by atoms with Gasteiger partial charge in [-0.3, -0.25) is 0 Å². The summed E-state index contributed by atoms with van der Waals surface area (Å²) in [6.07, 6.45) is 6.00. The van der Waals surface area contributed by atoms with Gasteiger partial charge in [0.1, 0.15) is 11.6 Å². The van der Waals surface area contributed by atoms with Crippen LogP contribution in [0.2, 0.25) is 5.02 Å². The van der Waals surface area contributed by atoms with Gasteiger partial charge in [0.05, 0.1) is 5.02 Å². The molecular formula is C19H18ClFO. The van der Waals surface area contributed by atoms with Crippen LogP contribution in [0.5, 0.6) is 5.75 Å². The summed E-state index contributed by atoms with van der Waals surface area (Å²) in [6, 6.07) is 13.0. The second-order valence-corrected chi connectivity index (χ2v) is 6.22. The van der Waals surface area contributed by atoms with E-state index in [1.165, 1.54) is 11.1 Å². The normalized spacial score (nSPS) is 18.1. The summed E-state index contributed by atoms with van der Waals surface area (Å²) in [7, 11) is 0. The number of aromatic hydroxyl groups is 1. The van der Waals surface area contributed by atoms with Crippen LogP contribution in [0.15, 0.2) is 48.5 Å². The molecule has 0 amide bonds. The number of allylic oxidation sites excluding steroid dienone is 2. The maximum atomic E-state index is 13.6. The molecule has 0 saturated heterocycles. The molecule has 1 N–H and O–H groups in total. The largest absolute Gasteiger partial charge is 0.508 e. The average molecular weight is 317 g/mol.